The first kappa shape index (κ1) is 15.0. The van der Waals surface area contributed by atoms with Crippen LogP contribution in [0.3, 0.4) is 0 Å². The molecule has 0 radical (unpaired) electrons. The topological polar surface area (TPSA) is 104 Å². The van der Waals surface area contributed by atoms with Crippen LogP contribution in [0.4, 0.5) is 5.69 Å². The van der Waals surface area contributed by atoms with Crippen LogP contribution in [-0.2, 0) is 10.0 Å². The zero-order chi connectivity index (χ0) is 15.5. The SMILES string of the molecule is CCNC(=O)c1cccc(NS(=O)(=O)c2cnc(C)[nH]2)c1. The number of H-pyrrole nitrogens is 1. The zero-order valence-corrected chi connectivity index (χ0v) is 12.5. The Morgan fingerprint density at radius 2 is 2.14 bits per heavy atom. The molecular weight excluding hydrogens is 292 g/mol. The fourth-order valence-electron chi connectivity index (χ4n) is 1.73. The van der Waals surface area contributed by atoms with Gasteiger partial charge in [-0.2, -0.15) is 8.42 Å². The van der Waals surface area contributed by atoms with Gasteiger partial charge in [0.15, 0.2) is 5.03 Å². The van der Waals surface area contributed by atoms with Gasteiger partial charge in [0, 0.05) is 17.8 Å². The van der Waals surface area contributed by atoms with Gasteiger partial charge >= 0.3 is 0 Å². The van der Waals surface area contributed by atoms with E-state index in [-0.39, 0.29) is 10.9 Å². The van der Waals surface area contributed by atoms with E-state index >= 15 is 0 Å². The molecule has 1 aromatic heterocycles. The number of imidazole rings is 1. The molecule has 0 spiro atoms. The lowest BCUT2D eigenvalue weighted by Crippen LogP contribution is -2.22. The molecule has 112 valence electrons. The predicted molar refractivity (Wildman–Crippen MR) is 78.6 cm³/mol. The van der Waals surface area contributed by atoms with Crippen molar-refractivity contribution in [3.63, 3.8) is 0 Å². The van der Waals surface area contributed by atoms with E-state index in [1.807, 2.05) is 6.92 Å². The molecule has 1 aromatic carbocycles. The summed E-state index contributed by atoms with van der Waals surface area (Å²) in [7, 11) is -3.75. The molecule has 0 saturated carbocycles. The van der Waals surface area contributed by atoms with Gasteiger partial charge in [0.1, 0.15) is 5.82 Å². The molecule has 0 aliphatic rings. The lowest BCUT2D eigenvalue weighted by molar-refractivity contribution is 0.0956. The molecule has 0 unspecified atom stereocenters. The Balaban J connectivity index is 2.24. The Morgan fingerprint density at radius 1 is 1.38 bits per heavy atom. The molecule has 0 saturated heterocycles. The molecule has 3 N–H and O–H groups in total. The number of aromatic amines is 1. The number of carbonyl (C=O) groups excluding carboxylic acids is 1. The minimum Gasteiger partial charge on any atom is -0.352 e. The van der Waals surface area contributed by atoms with Gasteiger partial charge in [-0.25, -0.2) is 4.98 Å². The molecule has 1 heterocycles. The highest BCUT2D eigenvalue weighted by atomic mass is 32.2. The van der Waals surface area contributed by atoms with E-state index in [1.165, 1.54) is 12.3 Å². The molecular formula is C13H16N4O3S. The van der Waals surface area contributed by atoms with Crippen LogP contribution in [0.25, 0.3) is 0 Å². The monoisotopic (exact) mass is 308 g/mol. The number of rotatable bonds is 5. The molecule has 2 aromatic rings. The Bertz CT molecular complexity index is 752. The number of hydrogen-bond acceptors (Lipinski definition) is 4. The molecule has 0 bridgehead atoms. The molecule has 7 nitrogen and oxygen atoms in total. The summed E-state index contributed by atoms with van der Waals surface area (Å²) < 4.78 is 26.7. The maximum Gasteiger partial charge on any atom is 0.278 e. The summed E-state index contributed by atoms with van der Waals surface area (Å²) in [5.74, 6) is 0.252. The van der Waals surface area contributed by atoms with E-state index in [9.17, 15) is 13.2 Å². The Morgan fingerprint density at radius 3 is 2.76 bits per heavy atom. The van der Waals surface area contributed by atoms with Gasteiger partial charge < -0.3 is 10.3 Å². The van der Waals surface area contributed by atoms with E-state index in [2.05, 4.69) is 20.0 Å². The van der Waals surface area contributed by atoms with Gasteiger partial charge in [-0.3, -0.25) is 9.52 Å². The summed E-state index contributed by atoms with van der Waals surface area (Å²) in [4.78, 5) is 18.2. The minimum atomic E-state index is -3.75. The van der Waals surface area contributed by atoms with Crippen molar-refractivity contribution in [2.24, 2.45) is 0 Å². The minimum absolute atomic E-state index is 0.0246. The van der Waals surface area contributed by atoms with E-state index in [4.69, 9.17) is 0 Å². The van der Waals surface area contributed by atoms with Gasteiger partial charge in [-0.1, -0.05) is 6.07 Å². The lowest BCUT2D eigenvalue weighted by atomic mass is 10.2. The average Bonchev–Trinajstić information content (AvgIpc) is 2.86. The summed E-state index contributed by atoms with van der Waals surface area (Å²) in [5.41, 5.74) is 0.698. The largest absolute Gasteiger partial charge is 0.352 e. The third-order valence-corrected chi connectivity index (χ3v) is 3.97. The fraction of sp³-hybridized carbons (Fsp3) is 0.231. The predicted octanol–water partition coefficient (Wildman–Crippen LogP) is 1.27. The van der Waals surface area contributed by atoms with Crippen LogP contribution < -0.4 is 10.0 Å². The van der Waals surface area contributed by atoms with Gasteiger partial charge in [-0.15, -0.1) is 0 Å². The second-order valence-corrected chi connectivity index (χ2v) is 6.03. The maximum absolute atomic E-state index is 12.1. The number of carbonyl (C=O) groups is 1. The van der Waals surface area contributed by atoms with Crippen LogP contribution >= 0.6 is 0 Å². The normalized spacial score (nSPS) is 11.1. The molecule has 0 fully saturated rings. The Kier molecular flexibility index (Phi) is 4.27. The average molecular weight is 308 g/mol. The van der Waals surface area contributed by atoms with E-state index < -0.39 is 10.0 Å². The van der Waals surface area contributed by atoms with E-state index in [0.717, 1.165) is 0 Å². The van der Waals surface area contributed by atoms with Crippen LogP contribution in [0, 0.1) is 6.92 Å². The Hall–Kier alpha value is -2.35. The van der Waals surface area contributed by atoms with E-state index in [0.29, 0.717) is 23.6 Å². The van der Waals surface area contributed by atoms with Crippen molar-refractivity contribution in [3.05, 3.63) is 41.9 Å². The first-order valence-electron chi connectivity index (χ1n) is 6.35. The number of amides is 1. The smallest absolute Gasteiger partial charge is 0.278 e. The first-order chi connectivity index (χ1) is 9.92. The van der Waals surface area contributed by atoms with Crippen LogP contribution in [0.2, 0.25) is 0 Å². The molecule has 8 heteroatoms. The van der Waals surface area contributed by atoms with Crippen molar-refractivity contribution >= 4 is 21.6 Å². The molecule has 2 rings (SSSR count). The van der Waals surface area contributed by atoms with Crippen LogP contribution in [0.15, 0.2) is 35.5 Å². The van der Waals surface area contributed by atoms with Gasteiger partial charge in [0.25, 0.3) is 15.9 Å². The third kappa shape index (κ3) is 3.60. The highest BCUT2D eigenvalue weighted by Gasteiger charge is 2.17. The number of aryl methyl sites for hydroxylation is 1. The van der Waals surface area contributed by atoms with Crippen LogP contribution in [-0.4, -0.2) is 30.8 Å². The van der Waals surface area contributed by atoms with Crippen molar-refractivity contribution in [1.82, 2.24) is 15.3 Å². The summed E-state index contributed by atoms with van der Waals surface area (Å²) >= 11 is 0. The van der Waals surface area contributed by atoms with Gasteiger partial charge in [0.2, 0.25) is 0 Å². The number of nitrogens with zero attached hydrogens (tertiary/aromatic N) is 1. The van der Waals surface area contributed by atoms with Crippen molar-refractivity contribution < 1.29 is 13.2 Å². The lowest BCUT2D eigenvalue weighted by Gasteiger charge is -2.08. The molecule has 0 atom stereocenters. The molecule has 0 aliphatic carbocycles. The number of sulfonamides is 1. The summed E-state index contributed by atoms with van der Waals surface area (Å²) in [6, 6.07) is 6.28. The van der Waals surface area contributed by atoms with Crippen molar-refractivity contribution in [1.29, 1.82) is 0 Å². The van der Waals surface area contributed by atoms with Crippen molar-refractivity contribution in [2.75, 3.05) is 11.3 Å². The summed E-state index contributed by atoms with van der Waals surface area (Å²) in [6.45, 7) is 3.97. The highest BCUT2D eigenvalue weighted by Crippen LogP contribution is 2.16. The number of nitrogens with one attached hydrogen (secondary N) is 3. The number of aromatic nitrogens is 2. The van der Waals surface area contributed by atoms with Gasteiger partial charge in [0.05, 0.1) is 6.20 Å². The van der Waals surface area contributed by atoms with E-state index in [1.54, 1.807) is 25.1 Å². The zero-order valence-electron chi connectivity index (χ0n) is 11.7. The van der Waals surface area contributed by atoms with Crippen LogP contribution in [0.5, 0.6) is 0 Å². The standard InChI is InChI=1S/C13H16N4O3S/c1-3-14-13(18)10-5-4-6-11(7-10)17-21(19,20)12-8-15-9(2)16-12/h4-8,17H,3H2,1-2H3,(H,14,18)(H,15,16). The van der Waals surface area contributed by atoms with Crippen molar-refractivity contribution in [3.8, 4) is 0 Å². The summed E-state index contributed by atoms with van der Waals surface area (Å²) in [5, 5.41) is 2.63. The molecule has 21 heavy (non-hydrogen) atoms. The number of anilines is 1. The Labute approximate surface area is 122 Å². The molecule has 0 aliphatic heterocycles. The van der Waals surface area contributed by atoms with Crippen LogP contribution in [0.1, 0.15) is 23.1 Å². The third-order valence-electron chi connectivity index (χ3n) is 2.68. The van der Waals surface area contributed by atoms with Crippen molar-refractivity contribution in [2.45, 2.75) is 18.9 Å². The highest BCUT2D eigenvalue weighted by molar-refractivity contribution is 7.92. The quantitative estimate of drug-likeness (QED) is 0.773. The second-order valence-electron chi connectivity index (χ2n) is 4.38. The maximum atomic E-state index is 12.1. The number of benzene rings is 1. The second kappa shape index (κ2) is 5.96. The number of hydrogen-bond donors (Lipinski definition) is 3. The summed E-state index contributed by atoms with van der Waals surface area (Å²) in [6.07, 6.45) is 1.24. The van der Waals surface area contributed by atoms with Gasteiger partial charge in [-0.05, 0) is 32.0 Å². The fourth-order valence-corrected chi connectivity index (χ4v) is 2.75. The molecule has 1 amide bonds. The first-order valence-corrected chi connectivity index (χ1v) is 7.83.